The number of carbonyl (C=O) groups excluding carboxylic acids is 2. The van der Waals surface area contributed by atoms with Gasteiger partial charge >= 0.3 is 0 Å². The predicted octanol–water partition coefficient (Wildman–Crippen LogP) is 0.0920. The molecule has 1 unspecified atom stereocenters. The van der Waals surface area contributed by atoms with Gasteiger partial charge in [0, 0.05) is 18.0 Å². The van der Waals surface area contributed by atoms with Crippen LogP contribution in [0.1, 0.15) is 5.56 Å². The molecule has 0 fully saturated rings. The highest BCUT2D eigenvalue weighted by atomic mass is 35.5. The molecule has 0 saturated heterocycles. The number of hydrogen-bond acceptors (Lipinski definition) is 3. The molecular formula is C9H6ClN3O2. The van der Waals surface area contributed by atoms with Crippen molar-refractivity contribution in [1.82, 2.24) is 10.3 Å². The molecule has 1 aromatic rings. The van der Waals surface area contributed by atoms with Gasteiger partial charge in [-0.1, -0.05) is 0 Å². The molecule has 0 bridgehead atoms. The Bertz CT molecular complexity index is 444. The number of carbonyl (C=O) groups is 2. The molecule has 76 valence electrons. The number of nitrogens with one attached hydrogen (secondary N) is 1. The molecule has 1 aliphatic heterocycles. The first kappa shape index (κ1) is 9.79. The predicted molar refractivity (Wildman–Crippen MR) is 53.6 cm³/mol. The molecule has 15 heavy (non-hydrogen) atoms. The van der Waals surface area contributed by atoms with Crippen molar-refractivity contribution >= 4 is 29.3 Å². The fraction of sp³-hybridized carbons (Fsp3) is 0.111. The molecule has 0 aromatic carbocycles. The van der Waals surface area contributed by atoms with Crippen molar-refractivity contribution in [3.63, 3.8) is 0 Å². The number of hydrogen-bond donors (Lipinski definition) is 1. The average molecular weight is 224 g/mol. The minimum atomic E-state index is -1.23. The minimum Gasteiger partial charge on any atom is -0.308 e. The van der Waals surface area contributed by atoms with Crippen molar-refractivity contribution in [1.29, 1.82) is 0 Å². The molecule has 2 rings (SSSR count). The van der Waals surface area contributed by atoms with E-state index < -0.39 is 17.2 Å². The number of aromatic nitrogens is 1. The first-order valence-electron chi connectivity index (χ1n) is 4.16. The van der Waals surface area contributed by atoms with E-state index in [1.807, 2.05) is 0 Å². The second-order valence-electron chi connectivity index (χ2n) is 2.89. The highest BCUT2D eigenvalue weighted by Crippen LogP contribution is 2.08. The Morgan fingerprint density at radius 2 is 1.93 bits per heavy atom. The molecule has 1 aromatic heterocycles. The number of amidine groups is 1. The van der Waals surface area contributed by atoms with Gasteiger partial charge in [0.15, 0.2) is 5.38 Å². The molecule has 2 amide bonds. The van der Waals surface area contributed by atoms with E-state index in [4.69, 9.17) is 11.6 Å². The smallest absolute Gasteiger partial charge is 0.275 e. The standard InChI is InChI=1S/C9H6ClN3O2/c10-6-8(14)12-7(13-9(6)15)5-1-3-11-4-2-5/h1-4,6H,(H,12,13,14,15). The average Bonchev–Trinajstić information content (AvgIpc) is 2.26. The lowest BCUT2D eigenvalue weighted by Gasteiger charge is -2.15. The third-order valence-corrected chi connectivity index (χ3v) is 2.25. The van der Waals surface area contributed by atoms with Crippen LogP contribution in [0.25, 0.3) is 0 Å². The van der Waals surface area contributed by atoms with Crippen LogP contribution in [0.2, 0.25) is 0 Å². The summed E-state index contributed by atoms with van der Waals surface area (Å²) >= 11 is 5.49. The number of rotatable bonds is 1. The number of alkyl halides is 1. The van der Waals surface area contributed by atoms with Gasteiger partial charge in [-0.25, -0.2) is 0 Å². The Labute approximate surface area is 90.2 Å². The lowest BCUT2D eigenvalue weighted by Crippen LogP contribution is -2.45. The van der Waals surface area contributed by atoms with E-state index in [0.29, 0.717) is 5.56 Å². The molecule has 1 atom stereocenters. The van der Waals surface area contributed by atoms with Gasteiger partial charge < -0.3 is 5.32 Å². The Hall–Kier alpha value is -1.75. The molecule has 0 spiro atoms. The first-order chi connectivity index (χ1) is 7.18. The topological polar surface area (TPSA) is 71.4 Å². The molecule has 5 nitrogen and oxygen atoms in total. The van der Waals surface area contributed by atoms with Gasteiger partial charge in [-0.05, 0) is 12.1 Å². The second-order valence-corrected chi connectivity index (χ2v) is 3.32. The highest BCUT2D eigenvalue weighted by Gasteiger charge is 2.30. The molecule has 1 N–H and O–H groups in total. The molecule has 6 heteroatoms. The highest BCUT2D eigenvalue weighted by molar-refractivity contribution is 6.45. The largest absolute Gasteiger partial charge is 0.308 e. The van der Waals surface area contributed by atoms with Gasteiger partial charge in [-0.15, -0.1) is 11.6 Å². The Kier molecular flexibility index (Phi) is 2.47. The van der Waals surface area contributed by atoms with Crippen LogP contribution in [0.15, 0.2) is 29.5 Å². The quantitative estimate of drug-likeness (QED) is 0.542. The number of pyridine rings is 1. The number of halogens is 1. The summed E-state index contributed by atoms with van der Waals surface area (Å²) in [4.78, 5) is 29.9. The van der Waals surface area contributed by atoms with Crippen LogP contribution in [0, 0.1) is 0 Å². The summed E-state index contributed by atoms with van der Waals surface area (Å²) < 4.78 is 0. The van der Waals surface area contributed by atoms with Crippen LogP contribution >= 0.6 is 11.6 Å². The van der Waals surface area contributed by atoms with E-state index >= 15 is 0 Å². The van der Waals surface area contributed by atoms with Crippen LogP contribution in [0.4, 0.5) is 0 Å². The Morgan fingerprint density at radius 1 is 1.27 bits per heavy atom. The lowest BCUT2D eigenvalue weighted by atomic mass is 10.2. The van der Waals surface area contributed by atoms with Crippen molar-refractivity contribution in [2.75, 3.05) is 0 Å². The summed E-state index contributed by atoms with van der Waals surface area (Å²) in [6.45, 7) is 0. The zero-order valence-electron chi connectivity index (χ0n) is 7.48. The maximum atomic E-state index is 11.2. The maximum absolute atomic E-state index is 11.2. The second kappa shape index (κ2) is 3.78. The van der Waals surface area contributed by atoms with Crippen LogP contribution in [0.5, 0.6) is 0 Å². The summed E-state index contributed by atoms with van der Waals surface area (Å²) in [6.07, 6.45) is 3.09. The number of nitrogens with zero attached hydrogens (tertiary/aromatic N) is 2. The van der Waals surface area contributed by atoms with E-state index in [2.05, 4.69) is 15.3 Å². The summed E-state index contributed by atoms with van der Waals surface area (Å²) in [7, 11) is 0. The van der Waals surface area contributed by atoms with Crippen molar-refractivity contribution in [2.45, 2.75) is 5.38 Å². The SMILES string of the molecule is O=C1N=C(c2ccncc2)NC(=O)C1Cl. The first-order valence-corrected chi connectivity index (χ1v) is 4.60. The lowest BCUT2D eigenvalue weighted by molar-refractivity contribution is -0.127. The zero-order valence-corrected chi connectivity index (χ0v) is 8.23. The van der Waals surface area contributed by atoms with Crippen LogP contribution in [-0.2, 0) is 9.59 Å². The molecule has 0 aliphatic carbocycles. The van der Waals surface area contributed by atoms with E-state index in [0.717, 1.165) is 0 Å². The van der Waals surface area contributed by atoms with Crippen molar-refractivity contribution < 1.29 is 9.59 Å². The molecule has 0 saturated carbocycles. The molecule has 2 heterocycles. The van der Waals surface area contributed by atoms with Gasteiger partial charge in [-0.3, -0.25) is 14.6 Å². The van der Waals surface area contributed by atoms with Crippen LogP contribution in [-0.4, -0.2) is 28.0 Å². The Balaban J connectivity index is 2.36. The van der Waals surface area contributed by atoms with Crippen molar-refractivity contribution in [3.8, 4) is 0 Å². The minimum absolute atomic E-state index is 0.212. The summed E-state index contributed by atoms with van der Waals surface area (Å²) in [5.41, 5.74) is 0.621. The van der Waals surface area contributed by atoms with Crippen molar-refractivity contribution in [2.24, 2.45) is 4.99 Å². The number of amides is 2. The fourth-order valence-electron chi connectivity index (χ4n) is 1.13. The van der Waals surface area contributed by atoms with Gasteiger partial charge in [0.1, 0.15) is 5.84 Å². The van der Waals surface area contributed by atoms with Crippen molar-refractivity contribution in [3.05, 3.63) is 30.1 Å². The Morgan fingerprint density at radius 3 is 2.53 bits per heavy atom. The monoisotopic (exact) mass is 223 g/mol. The van der Waals surface area contributed by atoms with Crippen LogP contribution < -0.4 is 5.32 Å². The van der Waals surface area contributed by atoms with E-state index in [1.165, 1.54) is 0 Å². The van der Waals surface area contributed by atoms with Crippen LogP contribution in [0.3, 0.4) is 0 Å². The van der Waals surface area contributed by atoms with E-state index in [1.54, 1.807) is 24.5 Å². The van der Waals surface area contributed by atoms with E-state index in [9.17, 15) is 9.59 Å². The molecule has 1 aliphatic rings. The van der Waals surface area contributed by atoms with Gasteiger partial charge in [0.05, 0.1) is 0 Å². The fourth-order valence-corrected chi connectivity index (χ4v) is 1.24. The zero-order chi connectivity index (χ0) is 10.8. The normalized spacial score (nSPS) is 20.9. The van der Waals surface area contributed by atoms with E-state index in [-0.39, 0.29) is 5.84 Å². The van der Waals surface area contributed by atoms with Gasteiger partial charge in [-0.2, -0.15) is 4.99 Å². The maximum Gasteiger partial charge on any atom is 0.275 e. The summed E-state index contributed by atoms with van der Waals surface area (Å²) in [5, 5.41) is 1.22. The summed E-state index contributed by atoms with van der Waals surface area (Å²) in [6, 6.07) is 3.28. The molecular weight excluding hydrogens is 218 g/mol. The third kappa shape index (κ3) is 1.87. The van der Waals surface area contributed by atoms with Gasteiger partial charge in [0.2, 0.25) is 0 Å². The third-order valence-electron chi connectivity index (χ3n) is 1.86. The molecule has 0 radical (unpaired) electrons. The summed E-state index contributed by atoms with van der Waals surface area (Å²) in [5.74, 6) is -0.986. The number of aliphatic imine (C=N–C) groups is 1. The van der Waals surface area contributed by atoms with Gasteiger partial charge in [0.25, 0.3) is 11.8 Å².